The second-order valence-corrected chi connectivity index (χ2v) is 11.1. The maximum absolute atomic E-state index is 11.9. The average Bonchev–Trinajstić information content (AvgIpc) is 2.54. The molecule has 1 unspecified atom stereocenters. The maximum atomic E-state index is 11.9. The third-order valence-corrected chi connectivity index (χ3v) is 6.03. The first kappa shape index (κ1) is 14.3. The van der Waals surface area contributed by atoms with Crippen molar-refractivity contribution >= 4 is 69.8 Å². The van der Waals surface area contributed by atoms with Gasteiger partial charge in [0.25, 0.3) is 0 Å². The summed E-state index contributed by atoms with van der Waals surface area (Å²) in [6.07, 6.45) is 0. The summed E-state index contributed by atoms with van der Waals surface area (Å²) < 4.78 is 5.03. The van der Waals surface area contributed by atoms with E-state index in [1.165, 1.54) is 11.3 Å². The molecule has 0 aliphatic carbocycles. The molecule has 0 radical (unpaired) electrons. The molecule has 1 aliphatic rings. The lowest BCUT2D eigenvalue weighted by atomic mass is 10.2. The third-order valence-electron chi connectivity index (χ3n) is 2.29. The fraction of sp³-hybridized carbons (Fsp3) is 0.333. The molecule has 9 heteroatoms. The van der Waals surface area contributed by atoms with Gasteiger partial charge in [0.1, 0.15) is 9.87 Å². The van der Waals surface area contributed by atoms with Crippen LogP contribution in [0.15, 0.2) is 0 Å². The topological polar surface area (TPSA) is 50.4 Å². The molecular weight excluding hydrogens is 327 g/mol. The van der Waals surface area contributed by atoms with Crippen molar-refractivity contribution in [3.8, 4) is 0 Å². The van der Waals surface area contributed by atoms with E-state index in [0.717, 1.165) is 10.4 Å². The Labute approximate surface area is 125 Å². The number of thiol groups is 1. The summed E-state index contributed by atoms with van der Waals surface area (Å²) in [5.41, 5.74) is -0.771. The Morgan fingerprint density at radius 3 is 2.83 bits per heavy atom. The molecule has 1 aromatic rings. The summed E-state index contributed by atoms with van der Waals surface area (Å²) >= 11 is 16.3. The fourth-order valence-electron chi connectivity index (χ4n) is 1.64. The standard InChI is InChI=1S/C9H11N2O2PS4/c1-3-13-9(12)7-6-5(4(2)18-7)8(15)11-14(16,17)10-6/h3H2,1-2H3,(H3,10,11,15,16,17). The van der Waals surface area contributed by atoms with E-state index in [0.29, 0.717) is 22.2 Å². The van der Waals surface area contributed by atoms with Crippen molar-refractivity contribution in [1.82, 2.24) is 5.09 Å². The third kappa shape index (κ3) is 2.58. The van der Waals surface area contributed by atoms with Crippen LogP contribution in [0.25, 0.3) is 0 Å². The van der Waals surface area contributed by atoms with Crippen LogP contribution in [0, 0.1) is 6.92 Å². The number of hydrogen-bond acceptors (Lipinski definition) is 5. The number of nitrogens with one attached hydrogen (secondary N) is 2. The van der Waals surface area contributed by atoms with Gasteiger partial charge >= 0.3 is 5.97 Å². The van der Waals surface area contributed by atoms with Gasteiger partial charge in [-0.2, -0.15) is 0 Å². The van der Waals surface area contributed by atoms with Gasteiger partial charge in [-0.05, 0) is 25.7 Å². The van der Waals surface area contributed by atoms with Gasteiger partial charge in [-0.25, -0.2) is 4.79 Å². The largest absolute Gasteiger partial charge is 0.462 e. The first-order valence-electron chi connectivity index (χ1n) is 5.10. The van der Waals surface area contributed by atoms with Crippen LogP contribution in [0.5, 0.6) is 0 Å². The van der Waals surface area contributed by atoms with Crippen LogP contribution in [0.1, 0.15) is 27.0 Å². The first-order valence-corrected chi connectivity index (χ1v) is 10.3. The van der Waals surface area contributed by atoms with E-state index in [1.807, 2.05) is 6.92 Å². The number of fused-ring (bicyclic) bond motifs is 1. The van der Waals surface area contributed by atoms with E-state index in [2.05, 4.69) is 22.4 Å². The van der Waals surface area contributed by atoms with Crippen LogP contribution < -0.4 is 10.2 Å². The Bertz CT molecular complexity index is 583. The number of rotatable bonds is 2. The number of ether oxygens (including phenoxy) is 1. The lowest BCUT2D eigenvalue weighted by Gasteiger charge is -2.27. The van der Waals surface area contributed by atoms with Gasteiger partial charge in [0.15, 0.2) is 5.54 Å². The van der Waals surface area contributed by atoms with Gasteiger partial charge < -0.3 is 14.9 Å². The molecule has 2 rings (SSSR count). The van der Waals surface area contributed by atoms with Crippen molar-refractivity contribution in [3.63, 3.8) is 0 Å². The van der Waals surface area contributed by atoms with Crippen molar-refractivity contribution < 1.29 is 9.53 Å². The van der Waals surface area contributed by atoms with E-state index in [1.54, 1.807) is 6.92 Å². The van der Waals surface area contributed by atoms with Gasteiger partial charge in [0, 0.05) is 10.4 Å². The molecule has 0 aromatic carbocycles. The van der Waals surface area contributed by atoms with Crippen molar-refractivity contribution in [2.45, 2.75) is 13.8 Å². The zero-order chi connectivity index (χ0) is 13.5. The minimum Gasteiger partial charge on any atom is -0.462 e. The fourth-order valence-corrected chi connectivity index (χ4v) is 5.95. The Hall–Kier alpha value is -0.140. The minimum absolute atomic E-state index is 0.336. The summed E-state index contributed by atoms with van der Waals surface area (Å²) in [6.45, 7) is 4.02. The predicted molar refractivity (Wildman–Crippen MR) is 86.7 cm³/mol. The summed E-state index contributed by atoms with van der Waals surface area (Å²) in [7, 11) is 0. The molecule has 0 bridgehead atoms. The number of carbonyl (C=O) groups is 1. The zero-order valence-electron chi connectivity index (χ0n) is 9.64. The molecule has 18 heavy (non-hydrogen) atoms. The number of carbonyl (C=O) groups excluding carboxylic acids is 1. The molecular formula is C9H11N2O2PS4. The number of aryl methyl sites for hydroxylation is 1. The Balaban J connectivity index is 2.54. The number of esters is 1. The van der Waals surface area contributed by atoms with Crippen molar-refractivity contribution in [3.05, 3.63) is 15.3 Å². The number of thiophene rings is 1. The van der Waals surface area contributed by atoms with Gasteiger partial charge in [0.2, 0.25) is 0 Å². The molecule has 0 spiro atoms. The molecule has 1 aliphatic heterocycles. The molecule has 2 N–H and O–H groups in total. The Morgan fingerprint density at radius 1 is 1.56 bits per heavy atom. The second-order valence-electron chi connectivity index (χ2n) is 3.59. The molecule has 1 atom stereocenters. The van der Waals surface area contributed by atoms with Crippen molar-refractivity contribution in [2.24, 2.45) is 0 Å². The smallest absolute Gasteiger partial charge is 0.350 e. The van der Waals surface area contributed by atoms with Crippen LogP contribution in [0.4, 0.5) is 5.69 Å². The van der Waals surface area contributed by atoms with Crippen LogP contribution in [0.3, 0.4) is 0 Å². The summed E-state index contributed by atoms with van der Waals surface area (Å²) in [5, 5.41) is 6.10. The van der Waals surface area contributed by atoms with Gasteiger partial charge in [-0.3, -0.25) is 0 Å². The minimum atomic E-state index is -2.26. The Morgan fingerprint density at radius 2 is 2.22 bits per heavy atom. The quantitative estimate of drug-likeness (QED) is 0.333. The highest BCUT2D eigenvalue weighted by molar-refractivity contribution is 8.63. The van der Waals surface area contributed by atoms with Crippen LogP contribution in [-0.2, 0) is 16.5 Å². The molecule has 0 fully saturated rings. The lowest BCUT2D eigenvalue weighted by Crippen LogP contribution is -2.27. The van der Waals surface area contributed by atoms with Crippen molar-refractivity contribution in [1.29, 1.82) is 0 Å². The molecule has 1 aromatic heterocycles. The monoisotopic (exact) mass is 338 g/mol. The lowest BCUT2D eigenvalue weighted by molar-refractivity contribution is 0.0533. The number of anilines is 1. The maximum Gasteiger partial charge on any atom is 0.350 e. The highest BCUT2D eigenvalue weighted by Crippen LogP contribution is 2.53. The summed E-state index contributed by atoms with van der Waals surface area (Å²) in [4.78, 5) is 13.9. The number of thiocarbonyl (C=S) groups is 1. The highest BCUT2D eigenvalue weighted by atomic mass is 32.9. The molecule has 98 valence electrons. The van der Waals surface area contributed by atoms with Crippen LogP contribution >= 0.6 is 41.3 Å². The van der Waals surface area contributed by atoms with E-state index in [4.69, 9.17) is 28.8 Å². The van der Waals surface area contributed by atoms with Crippen LogP contribution in [0.2, 0.25) is 0 Å². The van der Waals surface area contributed by atoms with E-state index < -0.39 is 5.54 Å². The predicted octanol–water partition coefficient (Wildman–Crippen LogP) is 3.08. The molecule has 4 nitrogen and oxygen atoms in total. The van der Waals surface area contributed by atoms with E-state index in [-0.39, 0.29) is 5.97 Å². The zero-order valence-corrected chi connectivity index (χ0v) is 13.9. The number of hydrogen-bond donors (Lipinski definition) is 3. The first-order chi connectivity index (χ1) is 8.35. The normalized spacial score (nSPS) is 21.8. The van der Waals surface area contributed by atoms with Gasteiger partial charge in [-0.15, -0.1) is 23.6 Å². The molecule has 0 saturated heterocycles. The summed E-state index contributed by atoms with van der Waals surface area (Å²) in [5.74, 6) is -0.354. The highest BCUT2D eigenvalue weighted by Gasteiger charge is 2.32. The summed E-state index contributed by atoms with van der Waals surface area (Å²) in [6, 6.07) is 0. The van der Waals surface area contributed by atoms with Gasteiger partial charge in [-0.1, -0.05) is 12.2 Å². The molecule has 0 saturated carbocycles. The van der Waals surface area contributed by atoms with E-state index in [9.17, 15) is 4.79 Å². The Kier molecular flexibility index (Phi) is 4.04. The van der Waals surface area contributed by atoms with Crippen LogP contribution in [-0.4, -0.2) is 17.6 Å². The van der Waals surface area contributed by atoms with Gasteiger partial charge in [0.05, 0.1) is 12.3 Å². The molecule has 0 amide bonds. The molecule has 2 heterocycles. The van der Waals surface area contributed by atoms with Crippen molar-refractivity contribution in [2.75, 3.05) is 11.7 Å². The second kappa shape index (κ2) is 5.09. The van der Waals surface area contributed by atoms with E-state index >= 15 is 0 Å². The SMILES string of the molecule is CCOC(=O)c1sc(C)c2c1NP(=S)(S)NC2=S. The average molecular weight is 338 g/mol.